The molecule has 2 N–H and O–H groups in total. The second kappa shape index (κ2) is 4.29. The molecule has 13 heavy (non-hydrogen) atoms. The summed E-state index contributed by atoms with van der Waals surface area (Å²) >= 11 is 0. The van der Waals surface area contributed by atoms with Gasteiger partial charge in [0.1, 0.15) is 0 Å². The molecule has 1 rings (SSSR count). The molecule has 0 aromatic carbocycles. The summed E-state index contributed by atoms with van der Waals surface area (Å²) in [5, 5.41) is 0. The molecule has 0 aromatic rings. The summed E-state index contributed by atoms with van der Waals surface area (Å²) in [4.78, 5) is 13.1. The Balaban J connectivity index is 2.48. The maximum atomic E-state index is 11.3. The van der Waals surface area contributed by atoms with Crippen molar-refractivity contribution >= 4 is 5.91 Å². The fraction of sp³-hybridized carbons (Fsp3) is 0.700. The highest BCUT2D eigenvalue weighted by Gasteiger charge is 2.27. The molecule has 3 heteroatoms. The Morgan fingerprint density at radius 1 is 1.69 bits per heavy atom. The fourth-order valence-electron chi connectivity index (χ4n) is 1.59. The van der Waals surface area contributed by atoms with Crippen LogP contribution in [-0.4, -0.2) is 29.9 Å². The minimum atomic E-state index is -0.0642. The summed E-state index contributed by atoms with van der Waals surface area (Å²) in [6.45, 7) is 5.24. The lowest BCUT2D eigenvalue weighted by Crippen LogP contribution is -2.32. The minimum absolute atomic E-state index is 0.0642. The molecule has 0 radical (unpaired) electrons. The van der Waals surface area contributed by atoms with Gasteiger partial charge in [0, 0.05) is 19.1 Å². The highest BCUT2D eigenvalue weighted by atomic mass is 16.2. The van der Waals surface area contributed by atoms with E-state index in [1.54, 1.807) is 11.8 Å². The largest absolute Gasteiger partial charge is 0.332 e. The lowest BCUT2D eigenvalue weighted by molar-refractivity contribution is -0.124. The van der Waals surface area contributed by atoms with Crippen molar-refractivity contribution in [2.24, 2.45) is 11.7 Å². The molecule has 0 spiro atoms. The normalized spacial score (nSPS) is 23.6. The summed E-state index contributed by atoms with van der Waals surface area (Å²) in [7, 11) is 0. The molecule has 72 valence electrons. The molecule has 3 nitrogen and oxygen atoms in total. The van der Waals surface area contributed by atoms with Crippen LogP contribution in [0.1, 0.15) is 20.3 Å². The van der Waals surface area contributed by atoms with Gasteiger partial charge < -0.3 is 10.6 Å². The third-order valence-electron chi connectivity index (χ3n) is 2.49. The van der Waals surface area contributed by atoms with E-state index in [0.29, 0.717) is 5.92 Å². The first kappa shape index (κ1) is 10.1. The van der Waals surface area contributed by atoms with E-state index < -0.39 is 0 Å². The third kappa shape index (κ3) is 2.46. The Kier molecular flexibility index (Phi) is 3.32. The van der Waals surface area contributed by atoms with Gasteiger partial charge in [-0.2, -0.15) is 0 Å². The zero-order valence-corrected chi connectivity index (χ0v) is 8.21. The summed E-state index contributed by atoms with van der Waals surface area (Å²) in [5.74, 6) is 5.54. The van der Waals surface area contributed by atoms with Crippen molar-refractivity contribution in [3.8, 4) is 11.8 Å². The van der Waals surface area contributed by atoms with Gasteiger partial charge in [-0.15, -0.1) is 0 Å². The van der Waals surface area contributed by atoms with Gasteiger partial charge in [-0.05, 0) is 32.1 Å². The van der Waals surface area contributed by atoms with Crippen molar-refractivity contribution in [1.82, 2.24) is 4.90 Å². The highest BCUT2D eigenvalue weighted by Crippen LogP contribution is 2.18. The summed E-state index contributed by atoms with van der Waals surface area (Å²) < 4.78 is 0. The fourth-order valence-corrected chi connectivity index (χ4v) is 1.59. The highest BCUT2D eigenvalue weighted by molar-refractivity contribution is 5.93. The van der Waals surface area contributed by atoms with Gasteiger partial charge in [-0.25, -0.2) is 0 Å². The van der Waals surface area contributed by atoms with E-state index in [0.717, 1.165) is 19.5 Å². The first-order valence-electron chi connectivity index (χ1n) is 4.62. The number of rotatable bonds is 1. The molecule has 2 unspecified atom stereocenters. The lowest BCUT2D eigenvalue weighted by atomic mass is 10.0. The number of nitrogens with zero attached hydrogens (tertiary/aromatic N) is 1. The van der Waals surface area contributed by atoms with E-state index in [2.05, 4.69) is 11.8 Å². The van der Waals surface area contributed by atoms with E-state index in [1.807, 2.05) is 6.92 Å². The molecule has 1 saturated heterocycles. The zero-order valence-electron chi connectivity index (χ0n) is 8.21. The molecule has 1 fully saturated rings. The minimum Gasteiger partial charge on any atom is -0.332 e. The van der Waals surface area contributed by atoms with E-state index in [9.17, 15) is 4.79 Å². The number of nitrogens with two attached hydrogens (primary N) is 1. The Morgan fingerprint density at radius 3 is 2.85 bits per heavy atom. The SMILES string of the molecule is CC#CC(=O)N1CCC(C(C)N)C1. The molecule has 0 aromatic heterocycles. The van der Waals surface area contributed by atoms with Gasteiger partial charge in [0.05, 0.1) is 0 Å². The molecule has 2 atom stereocenters. The molecule has 1 aliphatic heterocycles. The average molecular weight is 180 g/mol. The van der Waals surface area contributed by atoms with Crippen LogP contribution in [0, 0.1) is 17.8 Å². The molecular weight excluding hydrogens is 164 g/mol. The van der Waals surface area contributed by atoms with Crippen molar-refractivity contribution in [2.45, 2.75) is 26.3 Å². The number of amides is 1. The number of likely N-dealkylation sites (tertiary alicyclic amines) is 1. The summed E-state index contributed by atoms with van der Waals surface area (Å²) in [5.41, 5.74) is 5.76. The monoisotopic (exact) mass is 180 g/mol. The maximum Gasteiger partial charge on any atom is 0.298 e. The van der Waals surface area contributed by atoms with Gasteiger partial charge in [0.15, 0.2) is 0 Å². The molecule has 0 saturated carbocycles. The van der Waals surface area contributed by atoms with Crippen molar-refractivity contribution in [1.29, 1.82) is 0 Å². The average Bonchev–Trinajstić information content (AvgIpc) is 2.52. The van der Waals surface area contributed by atoms with Crippen LogP contribution in [0.25, 0.3) is 0 Å². The molecule has 1 amide bonds. The van der Waals surface area contributed by atoms with E-state index >= 15 is 0 Å². The molecule has 0 bridgehead atoms. The predicted molar refractivity (Wildman–Crippen MR) is 51.8 cm³/mol. The van der Waals surface area contributed by atoms with Crippen molar-refractivity contribution < 1.29 is 4.79 Å². The molecule has 1 aliphatic rings. The number of carbonyl (C=O) groups is 1. The van der Waals surface area contributed by atoms with Crippen LogP contribution in [-0.2, 0) is 4.79 Å². The van der Waals surface area contributed by atoms with Crippen LogP contribution in [0.4, 0.5) is 0 Å². The summed E-state index contributed by atoms with van der Waals surface area (Å²) in [6, 6.07) is 0.174. The lowest BCUT2D eigenvalue weighted by Gasteiger charge is -2.15. The Morgan fingerprint density at radius 2 is 2.38 bits per heavy atom. The van der Waals surface area contributed by atoms with Gasteiger partial charge in [0.2, 0.25) is 0 Å². The van der Waals surface area contributed by atoms with Gasteiger partial charge >= 0.3 is 0 Å². The van der Waals surface area contributed by atoms with Crippen LogP contribution in [0.15, 0.2) is 0 Å². The quantitative estimate of drug-likeness (QED) is 0.586. The first-order valence-corrected chi connectivity index (χ1v) is 4.62. The van der Waals surface area contributed by atoms with Gasteiger partial charge in [-0.3, -0.25) is 4.79 Å². The van der Waals surface area contributed by atoms with Crippen LogP contribution >= 0.6 is 0 Å². The Labute approximate surface area is 79.3 Å². The Hall–Kier alpha value is -1.01. The molecular formula is C10H16N2O. The number of hydrogen-bond donors (Lipinski definition) is 1. The van der Waals surface area contributed by atoms with Crippen molar-refractivity contribution in [3.63, 3.8) is 0 Å². The predicted octanol–water partition coefficient (Wildman–Crippen LogP) is 0.205. The van der Waals surface area contributed by atoms with E-state index in [4.69, 9.17) is 5.73 Å². The number of hydrogen-bond acceptors (Lipinski definition) is 2. The van der Waals surface area contributed by atoms with Crippen molar-refractivity contribution in [2.75, 3.05) is 13.1 Å². The van der Waals surface area contributed by atoms with Crippen LogP contribution in [0.3, 0.4) is 0 Å². The van der Waals surface area contributed by atoms with Crippen molar-refractivity contribution in [3.05, 3.63) is 0 Å². The standard InChI is InChI=1S/C10H16N2O/c1-3-4-10(13)12-6-5-9(7-12)8(2)11/h8-9H,5-7,11H2,1-2H3. The number of carbonyl (C=O) groups excluding carboxylic acids is 1. The molecule has 0 aliphatic carbocycles. The van der Waals surface area contributed by atoms with E-state index in [1.165, 1.54) is 0 Å². The van der Waals surface area contributed by atoms with Crippen LogP contribution in [0.5, 0.6) is 0 Å². The smallest absolute Gasteiger partial charge is 0.298 e. The summed E-state index contributed by atoms with van der Waals surface area (Å²) in [6.07, 6.45) is 1.01. The first-order chi connectivity index (χ1) is 6.15. The van der Waals surface area contributed by atoms with E-state index in [-0.39, 0.29) is 11.9 Å². The van der Waals surface area contributed by atoms with Gasteiger partial charge in [0.25, 0.3) is 5.91 Å². The topological polar surface area (TPSA) is 46.3 Å². The second-order valence-corrected chi connectivity index (χ2v) is 3.53. The third-order valence-corrected chi connectivity index (χ3v) is 2.49. The Bertz CT molecular complexity index is 249. The van der Waals surface area contributed by atoms with Gasteiger partial charge in [-0.1, -0.05) is 5.92 Å². The zero-order chi connectivity index (χ0) is 9.84. The molecule has 1 heterocycles. The van der Waals surface area contributed by atoms with Crippen LogP contribution in [0.2, 0.25) is 0 Å². The second-order valence-electron chi connectivity index (χ2n) is 3.53. The van der Waals surface area contributed by atoms with Crippen LogP contribution < -0.4 is 5.73 Å². The maximum absolute atomic E-state index is 11.3.